The first kappa shape index (κ1) is 19.3. The molecule has 4 heteroatoms. The van der Waals surface area contributed by atoms with Crippen molar-refractivity contribution in [3.63, 3.8) is 0 Å². The van der Waals surface area contributed by atoms with Gasteiger partial charge in [0, 0.05) is 12.2 Å². The topological polar surface area (TPSA) is 46.5 Å². The lowest BCUT2D eigenvalue weighted by atomic mass is 10.0. The van der Waals surface area contributed by atoms with Gasteiger partial charge < -0.3 is 9.84 Å². The number of carbonyl (C=O) groups is 1. The van der Waals surface area contributed by atoms with E-state index >= 15 is 0 Å². The highest BCUT2D eigenvalue weighted by atomic mass is 32.2. The number of carboxylic acids is 1. The second-order valence-electron chi connectivity index (χ2n) is 6.50. The molecular weight excluding hydrogens is 356 g/mol. The summed E-state index contributed by atoms with van der Waals surface area (Å²) in [6, 6.07) is 19.0. The van der Waals surface area contributed by atoms with Crippen LogP contribution in [-0.4, -0.2) is 29.2 Å². The third-order valence-electron chi connectivity index (χ3n) is 4.39. The van der Waals surface area contributed by atoms with Gasteiger partial charge in [0.05, 0.1) is 12.4 Å². The molecular formula is C23H24O3S. The minimum atomic E-state index is -0.762. The van der Waals surface area contributed by atoms with Gasteiger partial charge in [-0.3, -0.25) is 4.79 Å². The fourth-order valence-electron chi connectivity index (χ4n) is 3.00. The predicted octanol–water partition coefficient (Wildman–Crippen LogP) is 5.33. The zero-order valence-corrected chi connectivity index (χ0v) is 16.1. The summed E-state index contributed by atoms with van der Waals surface area (Å²) in [5.41, 5.74) is 4.96. The molecule has 0 unspecified atom stereocenters. The molecule has 0 bridgehead atoms. The van der Waals surface area contributed by atoms with Crippen LogP contribution in [0.5, 0.6) is 0 Å². The van der Waals surface area contributed by atoms with Gasteiger partial charge in [-0.2, -0.15) is 0 Å². The molecule has 0 heterocycles. The molecule has 3 nitrogen and oxygen atoms in total. The summed E-state index contributed by atoms with van der Waals surface area (Å²) in [6.45, 7) is 0.641. The molecule has 0 radical (unpaired) electrons. The van der Waals surface area contributed by atoms with E-state index in [1.807, 2.05) is 6.07 Å². The summed E-state index contributed by atoms with van der Waals surface area (Å²) >= 11 is 1.44. The van der Waals surface area contributed by atoms with Crippen molar-refractivity contribution >= 4 is 17.7 Å². The molecule has 0 aliphatic heterocycles. The average Bonchev–Trinajstić information content (AvgIpc) is 2.69. The van der Waals surface area contributed by atoms with E-state index in [1.165, 1.54) is 34.0 Å². The lowest BCUT2D eigenvalue weighted by Crippen LogP contribution is -2.04. The van der Waals surface area contributed by atoms with Crippen LogP contribution in [0, 0.1) is 0 Å². The fourth-order valence-corrected chi connectivity index (χ4v) is 3.76. The van der Waals surface area contributed by atoms with Gasteiger partial charge >= 0.3 is 5.97 Å². The number of hydrogen-bond acceptors (Lipinski definition) is 3. The smallest absolute Gasteiger partial charge is 0.313 e. The standard InChI is InChI=1S/C23H24O3S/c24-23(25)17-27-16-19-5-4-8-22(15-19)26-14-13-18-9-11-21(12-10-18)20-6-2-1-3-7-20/h1-3,6-12,15H,4-5,13-14,16-17H2,(H,24,25). The molecule has 3 rings (SSSR count). The number of aliphatic carboxylic acids is 1. The summed E-state index contributed by atoms with van der Waals surface area (Å²) in [7, 11) is 0. The first-order chi connectivity index (χ1) is 13.2. The highest BCUT2D eigenvalue weighted by Gasteiger charge is 2.08. The lowest BCUT2D eigenvalue weighted by Gasteiger charge is -2.15. The highest BCUT2D eigenvalue weighted by molar-refractivity contribution is 8.00. The van der Waals surface area contributed by atoms with Crippen molar-refractivity contribution in [2.45, 2.75) is 19.3 Å². The van der Waals surface area contributed by atoms with Crippen molar-refractivity contribution in [2.24, 2.45) is 0 Å². The first-order valence-corrected chi connectivity index (χ1v) is 10.3. The molecule has 0 saturated heterocycles. The molecule has 2 aromatic carbocycles. The molecule has 1 aliphatic rings. The van der Waals surface area contributed by atoms with Crippen molar-refractivity contribution < 1.29 is 14.6 Å². The van der Waals surface area contributed by atoms with Gasteiger partial charge in [0.2, 0.25) is 0 Å². The van der Waals surface area contributed by atoms with Gasteiger partial charge in [-0.25, -0.2) is 0 Å². The maximum absolute atomic E-state index is 10.6. The Bertz CT molecular complexity index is 807. The second-order valence-corrected chi connectivity index (χ2v) is 7.48. The normalized spacial score (nSPS) is 13.6. The van der Waals surface area contributed by atoms with Crippen LogP contribution in [0.25, 0.3) is 11.1 Å². The Morgan fingerprint density at radius 3 is 2.52 bits per heavy atom. The minimum absolute atomic E-state index is 0.149. The minimum Gasteiger partial charge on any atom is -0.494 e. The van der Waals surface area contributed by atoms with Gasteiger partial charge in [0.15, 0.2) is 0 Å². The van der Waals surface area contributed by atoms with Crippen LogP contribution in [0.2, 0.25) is 0 Å². The number of carboxylic acid groups (broad SMARTS) is 1. The summed E-state index contributed by atoms with van der Waals surface area (Å²) in [6.07, 6.45) is 6.99. The van der Waals surface area contributed by atoms with Gasteiger partial charge in [-0.15, -0.1) is 11.8 Å². The number of benzene rings is 2. The Morgan fingerprint density at radius 1 is 1.04 bits per heavy atom. The van der Waals surface area contributed by atoms with E-state index in [9.17, 15) is 4.79 Å². The van der Waals surface area contributed by atoms with E-state index in [0.29, 0.717) is 6.61 Å². The number of hydrogen-bond donors (Lipinski definition) is 1. The Balaban J connectivity index is 1.46. The third kappa shape index (κ3) is 6.33. The number of ether oxygens (including phenoxy) is 1. The summed E-state index contributed by atoms with van der Waals surface area (Å²) in [4.78, 5) is 10.6. The van der Waals surface area contributed by atoms with Gasteiger partial charge in [0.25, 0.3) is 0 Å². The fraction of sp³-hybridized carbons (Fsp3) is 0.261. The maximum atomic E-state index is 10.6. The summed E-state index contributed by atoms with van der Waals surface area (Å²) < 4.78 is 5.92. The molecule has 27 heavy (non-hydrogen) atoms. The molecule has 0 spiro atoms. The Hall–Kier alpha value is -2.46. The van der Waals surface area contributed by atoms with Crippen LogP contribution in [0.15, 0.2) is 78.1 Å². The van der Waals surface area contributed by atoms with Crippen molar-refractivity contribution in [2.75, 3.05) is 18.1 Å². The maximum Gasteiger partial charge on any atom is 0.313 e. The van der Waals surface area contributed by atoms with E-state index in [0.717, 1.165) is 30.8 Å². The Kier molecular flexibility index (Phi) is 7.17. The third-order valence-corrected chi connectivity index (χ3v) is 5.42. The largest absolute Gasteiger partial charge is 0.494 e. The quantitative estimate of drug-likeness (QED) is 0.638. The molecule has 0 amide bonds. The molecule has 2 aromatic rings. The zero-order valence-electron chi connectivity index (χ0n) is 15.3. The molecule has 0 atom stereocenters. The van der Waals surface area contributed by atoms with Gasteiger partial charge in [-0.1, -0.05) is 60.2 Å². The first-order valence-electron chi connectivity index (χ1n) is 9.17. The van der Waals surface area contributed by atoms with Crippen LogP contribution in [0.3, 0.4) is 0 Å². The van der Waals surface area contributed by atoms with E-state index < -0.39 is 5.97 Å². The zero-order chi connectivity index (χ0) is 18.9. The van der Waals surface area contributed by atoms with E-state index in [4.69, 9.17) is 9.84 Å². The molecule has 0 fully saturated rings. The van der Waals surface area contributed by atoms with Gasteiger partial charge in [0.1, 0.15) is 5.76 Å². The van der Waals surface area contributed by atoms with Crippen LogP contribution < -0.4 is 0 Å². The Labute approximate surface area is 164 Å². The SMILES string of the molecule is O=C(O)CSCC1=CC(OCCc2ccc(-c3ccccc3)cc2)=CCC1. The van der Waals surface area contributed by atoms with Crippen molar-refractivity contribution in [1.29, 1.82) is 0 Å². The summed E-state index contributed by atoms with van der Waals surface area (Å²) in [5, 5.41) is 8.72. The number of thioether (sulfide) groups is 1. The Morgan fingerprint density at radius 2 is 1.78 bits per heavy atom. The molecule has 1 N–H and O–H groups in total. The predicted molar refractivity (Wildman–Crippen MR) is 112 cm³/mol. The lowest BCUT2D eigenvalue weighted by molar-refractivity contribution is -0.133. The molecule has 0 saturated carbocycles. The number of rotatable bonds is 9. The van der Waals surface area contributed by atoms with Crippen LogP contribution in [0.4, 0.5) is 0 Å². The second kappa shape index (κ2) is 10.0. The van der Waals surface area contributed by atoms with Crippen LogP contribution in [0.1, 0.15) is 18.4 Å². The van der Waals surface area contributed by atoms with E-state index in [1.54, 1.807) is 0 Å². The molecule has 0 aromatic heterocycles. The van der Waals surface area contributed by atoms with Crippen LogP contribution in [-0.2, 0) is 16.0 Å². The monoisotopic (exact) mass is 380 g/mol. The molecule has 140 valence electrons. The van der Waals surface area contributed by atoms with Crippen molar-refractivity contribution in [3.05, 3.63) is 83.6 Å². The van der Waals surface area contributed by atoms with E-state index in [2.05, 4.69) is 60.7 Å². The highest BCUT2D eigenvalue weighted by Crippen LogP contribution is 2.22. The van der Waals surface area contributed by atoms with Crippen molar-refractivity contribution in [1.82, 2.24) is 0 Å². The van der Waals surface area contributed by atoms with E-state index in [-0.39, 0.29) is 5.75 Å². The van der Waals surface area contributed by atoms with Crippen LogP contribution >= 0.6 is 11.8 Å². The molecule has 1 aliphatic carbocycles. The summed E-state index contributed by atoms with van der Waals surface area (Å²) in [5.74, 6) is 1.05. The number of allylic oxidation sites excluding steroid dienone is 2. The average molecular weight is 381 g/mol. The van der Waals surface area contributed by atoms with Crippen molar-refractivity contribution in [3.8, 4) is 11.1 Å². The van der Waals surface area contributed by atoms with Gasteiger partial charge in [-0.05, 0) is 41.7 Å².